The van der Waals surface area contributed by atoms with Crippen molar-refractivity contribution in [2.45, 2.75) is 32.2 Å². The Morgan fingerprint density at radius 2 is 2.17 bits per heavy atom. The van der Waals surface area contributed by atoms with E-state index in [0.29, 0.717) is 6.04 Å². The SMILES string of the molecule is Cc1cnn(-c2ccc(CC3CCCN3)cc2)n1. The van der Waals surface area contributed by atoms with Crippen LogP contribution in [0.25, 0.3) is 5.69 Å². The fourth-order valence-electron chi connectivity index (χ4n) is 2.44. The molecule has 18 heavy (non-hydrogen) atoms. The van der Waals surface area contributed by atoms with Gasteiger partial charge in [-0.15, -0.1) is 0 Å². The van der Waals surface area contributed by atoms with E-state index in [1.54, 1.807) is 11.0 Å². The number of benzene rings is 1. The van der Waals surface area contributed by atoms with E-state index in [1.807, 2.05) is 6.92 Å². The summed E-state index contributed by atoms with van der Waals surface area (Å²) in [5.41, 5.74) is 3.34. The van der Waals surface area contributed by atoms with Crippen LogP contribution < -0.4 is 5.32 Å². The molecule has 4 heteroatoms. The van der Waals surface area contributed by atoms with Crippen LogP contribution in [0.2, 0.25) is 0 Å². The molecule has 1 aromatic heterocycles. The van der Waals surface area contributed by atoms with E-state index in [0.717, 1.165) is 17.8 Å². The van der Waals surface area contributed by atoms with Gasteiger partial charge in [-0.1, -0.05) is 12.1 Å². The average molecular weight is 242 g/mol. The number of aryl methyl sites for hydroxylation is 1. The summed E-state index contributed by atoms with van der Waals surface area (Å²) in [6, 6.07) is 9.18. The summed E-state index contributed by atoms with van der Waals surface area (Å²) >= 11 is 0. The molecular formula is C14H18N4. The molecule has 1 N–H and O–H groups in total. The Labute approximate surface area is 107 Å². The smallest absolute Gasteiger partial charge is 0.0856 e. The van der Waals surface area contributed by atoms with E-state index in [2.05, 4.69) is 39.8 Å². The second kappa shape index (κ2) is 4.90. The lowest BCUT2D eigenvalue weighted by molar-refractivity contribution is 0.603. The van der Waals surface area contributed by atoms with Crippen LogP contribution in [0.1, 0.15) is 24.1 Å². The van der Waals surface area contributed by atoms with Gasteiger partial charge in [-0.25, -0.2) is 0 Å². The summed E-state index contributed by atoms with van der Waals surface area (Å²) in [5, 5.41) is 12.0. The van der Waals surface area contributed by atoms with Crippen molar-refractivity contribution in [3.05, 3.63) is 41.7 Å². The van der Waals surface area contributed by atoms with Gasteiger partial charge in [0.25, 0.3) is 0 Å². The second-order valence-electron chi connectivity index (χ2n) is 4.94. The standard InChI is InChI=1S/C14H18N4/c1-11-10-16-18(17-11)14-6-4-12(5-7-14)9-13-3-2-8-15-13/h4-7,10,13,15H,2-3,8-9H2,1H3. The van der Waals surface area contributed by atoms with Crippen molar-refractivity contribution >= 4 is 0 Å². The molecule has 0 bridgehead atoms. The van der Waals surface area contributed by atoms with E-state index in [1.165, 1.54) is 24.9 Å². The van der Waals surface area contributed by atoms with Crippen LogP contribution in [0, 0.1) is 6.92 Å². The first kappa shape index (κ1) is 11.4. The Morgan fingerprint density at radius 3 is 2.78 bits per heavy atom. The molecule has 0 spiro atoms. The van der Waals surface area contributed by atoms with Crippen LogP contribution in [-0.2, 0) is 6.42 Å². The molecule has 0 aliphatic carbocycles. The van der Waals surface area contributed by atoms with Crippen molar-refractivity contribution in [3.63, 3.8) is 0 Å². The van der Waals surface area contributed by atoms with Crippen molar-refractivity contribution < 1.29 is 0 Å². The zero-order valence-corrected chi connectivity index (χ0v) is 10.6. The quantitative estimate of drug-likeness (QED) is 0.893. The van der Waals surface area contributed by atoms with Crippen LogP contribution in [0.4, 0.5) is 0 Å². The van der Waals surface area contributed by atoms with Crippen LogP contribution in [0.5, 0.6) is 0 Å². The Hall–Kier alpha value is -1.68. The highest BCUT2D eigenvalue weighted by atomic mass is 15.5. The Kier molecular flexibility index (Phi) is 3.11. The zero-order valence-electron chi connectivity index (χ0n) is 10.6. The van der Waals surface area contributed by atoms with Crippen molar-refractivity contribution in [3.8, 4) is 5.69 Å². The lowest BCUT2D eigenvalue weighted by Crippen LogP contribution is -2.23. The molecule has 2 aromatic rings. The van der Waals surface area contributed by atoms with E-state index < -0.39 is 0 Å². The average Bonchev–Trinajstić information content (AvgIpc) is 3.02. The summed E-state index contributed by atoms with van der Waals surface area (Å²) in [4.78, 5) is 1.67. The highest BCUT2D eigenvalue weighted by molar-refractivity contribution is 5.33. The number of hydrogen-bond acceptors (Lipinski definition) is 3. The molecule has 1 atom stereocenters. The number of nitrogens with one attached hydrogen (secondary N) is 1. The van der Waals surface area contributed by atoms with Gasteiger partial charge < -0.3 is 5.32 Å². The predicted molar refractivity (Wildman–Crippen MR) is 70.8 cm³/mol. The highest BCUT2D eigenvalue weighted by Gasteiger charge is 2.14. The number of rotatable bonds is 3. The number of hydrogen-bond donors (Lipinski definition) is 1. The maximum atomic E-state index is 4.31. The predicted octanol–water partition coefficient (Wildman–Crippen LogP) is 1.87. The molecule has 94 valence electrons. The van der Waals surface area contributed by atoms with Crippen LogP contribution in [0.15, 0.2) is 30.5 Å². The van der Waals surface area contributed by atoms with E-state index >= 15 is 0 Å². The maximum Gasteiger partial charge on any atom is 0.0856 e. The van der Waals surface area contributed by atoms with Gasteiger partial charge in [0, 0.05) is 6.04 Å². The Bertz CT molecular complexity index is 509. The molecule has 2 heterocycles. The van der Waals surface area contributed by atoms with E-state index in [-0.39, 0.29) is 0 Å². The first-order valence-corrected chi connectivity index (χ1v) is 6.53. The highest BCUT2D eigenvalue weighted by Crippen LogP contribution is 2.14. The van der Waals surface area contributed by atoms with Gasteiger partial charge in [0.15, 0.2) is 0 Å². The van der Waals surface area contributed by atoms with Gasteiger partial charge in [0.1, 0.15) is 0 Å². The minimum Gasteiger partial charge on any atom is -0.314 e. The summed E-state index contributed by atoms with van der Waals surface area (Å²) in [6.45, 7) is 3.11. The molecule has 3 rings (SSSR count). The lowest BCUT2D eigenvalue weighted by atomic mass is 10.0. The Morgan fingerprint density at radius 1 is 1.33 bits per heavy atom. The number of aromatic nitrogens is 3. The summed E-state index contributed by atoms with van der Waals surface area (Å²) in [5.74, 6) is 0. The third-order valence-corrected chi connectivity index (χ3v) is 3.42. The number of nitrogens with zero attached hydrogens (tertiary/aromatic N) is 3. The fourth-order valence-corrected chi connectivity index (χ4v) is 2.44. The van der Waals surface area contributed by atoms with Gasteiger partial charge in [0.05, 0.1) is 17.6 Å². The minimum atomic E-state index is 0.654. The molecular weight excluding hydrogens is 224 g/mol. The van der Waals surface area contributed by atoms with Crippen molar-refractivity contribution in [2.24, 2.45) is 0 Å². The van der Waals surface area contributed by atoms with Gasteiger partial charge in [0.2, 0.25) is 0 Å². The molecule has 1 saturated heterocycles. The second-order valence-corrected chi connectivity index (χ2v) is 4.94. The zero-order chi connectivity index (χ0) is 12.4. The van der Waals surface area contributed by atoms with Gasteiger partial charge in [-0.05, 0) is 50.4 Å². The van der Waals surface area contributed by atoms with Crippen LogP contribution in [-0.4, -0.2) is 27.6 Å². The molecule has 1 fully saturated rings. The Balaban J connectivity index is 1.72. The van der Waals surface area contributed by atoms with Gasteiger partial charge in [-0.2, -0.15) is 15.0 Å². The molecule has 4 nitrogen and oxygen atoms in total. The van der Waals surface area contributed by atoms with E-state index in [4.69, 9.17) is 0 Å². The lowest BCUT2D eigenvalue weighted by Gasteiger charge is -2.10. The summed E-state index contributed by atoms with van der Waals surface area (Å²) < 4.78 is 0. The summed E-state index contributed by atoms with van der Waals surface area (Å²) in [7, 11) is 0. The third kappa shape index (κ3) is 2.43. The molecule has 1 aromatic carbocycles. The maximum absolute atomic E-state index is 4.31. The third-order valence-electron chi connectivity index (χ3n) is 3.42. The molecule has 1 unspecified atom stereocenters. The van der Waals surface area contributed by atoms with Crippen molar-refractivity contribution in [1.29, 1.82) is 0 Å². The van der Waals surface area contributed by atoms with Crippen LogP contribution >= 0.6 is 0 Å². The molecule has 1 aliphatic rings. The molecule has 1 aliphatic heterocycles. The van der Waals surface area contributed by atoms with Crippen molar-refractivity contribution in [1.82, 2.24) is 20.3 Å². The van der Waals surface area contributed by atoms with Crippen molar-refractivity contribution in [2.75, 3.05) is 6.54 Å². The van der Waals surface area contributed by atoms with Gasteiger partial charge in [-0.3, -0.25) is 0 Å². The fraction of sp³-hybridized carbons (Fsp3) is 0.429. The topological polar surface area (TPSA) is 42.7 Å². The monoisotopic (exact) mass is 242 g/mol. The molecule has 0 saturated carbocycles. The normalized spacial score (nSPS) is 19.3. The first-order valence-electron chi connectivity index (χ1n) is 6.53. The minimum absolute atomic E-state index is 0.654. The molecule has 0 amide bonds. The van der Waals surface area contributed by atoms with E-state index in [9.17, 15) is 0 Å². The van der Waals surface area contributed by atoms with Crippen LogP contribution in [0.3, 0.4) is 0 Å². The molecule has 0 radical (unpaired) electrons. The summed E-state index contributed by atoms with van der Waals surface area (Å²) in [6.07, 6.45) is 5.49. The van der Waals surface area contributed by atoms with Gasteiger partial charge >= 0.3 is 0 Å². The first-order chi connectivity index (χ1) is 8.81. The largest absolute Gasteiger partial charge is 0.314 e.